The third kappa shape index (κ3) is 5.75. The van der Waals surface area contributed by atoms with Gasteiger partial charge in [-0.3, -0.25) is 4.98 Å². The summed E-state index contributed by atoms with van der Waals surface area (Å²) in [5.74, 6) is 0. The quantitative estimate of drug-likeness (QED) is 0.163. The maximum absolute atomic E-state index is 5.31. The molecule has 0 bridgehead atoms. The molecule has 278 valence electrons. The number of rotatable bonds is 5. The first-order valence-corrected chi connectivity index (χ1v) is 20.1. The van der Waals surface area contributed by atoms with Crippen molar-refractivity contribution < 1.29 is 0 Å². The van der Waals surface area contributed by atoms with E-state index in [0.29, 0.717) is 0 Å². The first-order chi connectivity index (χ1) is 29.7. The van der Waals surface area contributed by atoms with Gasteiger partial charge in [0.1, 0.15) is 0 Å². The normalized spacial score (nSPS) is 11.7. The van der Waals surface area contributed by atoms with Gasteiger partial charge >= 0.3 is 0 Å². The molecule has 0 unspecified atom stereocenters. The van der Waals surface area contributed by atoms with Crippen molar-refractivity contribution in [3.8, 4) is 56.2 Å². The van der Waals surface area contributed by atoms with Gasteiger partial charge in [-0.25, -0.2) is 19.9 Å². The zero-order chi connectivity index (χ0) is 39.6. The lowest BCUT2D eigenvalue weighted by atomic mass is 9.93. The second-order valence-electron chi connectivity index (χ2n) is 15.3. The molecule has 0 aliphatic rings. The third-order valence-corrected chi connectivity index (χ3v) is 11.7. The van der Waals surface area contributed by atoms with Gasteiger partial charge in [-0.15, -0.1) is 0 Å². The summed E-state index contributed by atoms with van der Waals surface area (Å²) in [4.78, 5) is 25.2. The molecule has 5 heterocycles. The van der Waals surface area contributed by atoms with Crippen molar-refractivity contribution in [3.63, 3.8) is 0 Å². The molecule has 0 atom stereocenters. The van der Waals surface area contributed by atoms with E-state index in [2.05, 4.69) is 169 Å². The summed E-state index contributed by atoms with van der Waals surface area (Å²) in [5.41, 5.74) is 13.9. The van der Waals surface area contributed by atoms with Gasteiger partial charge in [0.15, 0.2) is 0 Å². The lowest BCUT2D eigenvalue weighted by molar-refractivity contribution is 1.35. The van der Waals surface area contributed by atoms with Gasteiger partial charge in [-0.1, -0.05) is 146 Å². The molecule has 0 aliphatic heterocycles. The Hall–Kier alpha value is -8.15. The number of benzene rings is 7. The van der Waals surface area contributed by atoms with E-state index in [0.717, 1.165) is 121 Å². The molecule has 0 saturated heterocycles. The Labute approximate surface area is 345 Å². The molecule has 7 aromatic carbocycles. The zero-order valence-corrected chi connectivity index (χ0v) is 32.3. The molecular formula is C55H33N5. The largest absolute Gasteiger partial charge is 0.264 e. The molecule has 12 rings (SSSR count). The van der Waals surface area contributed by atoms with E-state index in [4.69, 9.17) is 19.9 Å². The summed E-state index contributed by atoms with van der Waals surface area (Å²) in [5, 5.41) is 8.85. The minimum absolute atomic E-state index is 0.900. The molecule has 5 nitrogen and oxygen atoms in total. The summed E-state index contributed by atoms with van der Waals surface area (Å²) >= 11 is 0. The van der Waals surface area contributed by atoms with Gasteiger partial charge in [0, 0.05) is 61.6 Å². The Morgan fingerprint density at radius 3 is 1.58 bits per heavy atom. The molecule has 0 amide bonds. The molecule has 0 radical (unpaired) electrons. The van der Waals surface area contributed by atoms with Crippen molar-refractivity contribution in [1.29, 1.82) is 0 Å². The van der Waals surface area contributed by atoms with Crippen LogP contribution in [0.2, 0.25) is 0 Å². The van der Waals surface area contributed by atoms with Crippen LogP contribution in [0.15, 0.2) is 200 Å². The lowest BCUT2D eigenvalue weighted by Gasteiger charge is -2.13. The van der Waals surface area contributed by atoms with Crippen molar-refractivity contribution in [3.05, 3.63) is 200 Å². The maximum atomic E-state index is 5.31. The summed E-state index contributed by atoms with van der Waals surface area (Å²) in [6, 6.07) is 66.0. The van der Waals surface area contributed by atoms with Crippen LogP contribution in [0, 0.1) is 0 Å². The second-order valence-corrected chi connectivity index (χ2v) is 15.3. The maximum Gasteiger partial charge on any atom is 0.0972 e. The van der Waals surface area contributed by atoms with Crippen LogP contribution < -0.4 is 0 Å². The van der Waals surface area contributed by atoms with Crippen molar-refractivity contribution in [1.82, 2.24) is 24.9 Å². The standard InChI is InChI=1S/C55H33N5/c1-2-7-35(8-3-1)48-26-21-38-15-16-39-22-28-51(60-55(39)54(38)59-48)46-24-23-42(43-10-4-5-11-44(43)46)40-17-13-36-19-25-49(57-52(36)31-40)41-18-14-37-20-27-50(58-53(37)32-41)45-12-6-9-34-29-30-56-33-47(34)45/h1-33H. The number of hydrogen-bond acceptors (Lipinski definition) is 5. The van der Waals surface area contributed by atoms with E-state index < -0.39 is 0 Å². The minimum Gasteiger partial charge on any atom is -0.264 e. The fourth-order valence-electron chi connectivity index (χ4n) is 8.67. The molecule has 0 aliphatic carbocycles. The van der Waals surface area contributed by atoms with Crippen LogP contribution in [0.1, 0.15) is 0 Å². The Morgan fingerprint density at radius 2 is 0.817 bits per heavy atom. The summed E-state index contributed by atoms with van der Waals surface area (Å²) < 4.78 is 0. The Bertz CT molecular complexity index is 3670. The molecule has 60 heavy (non-hydrogen) atoms. The Morgan fingerprint density at radius 1 is 0.283 bits per heavy atom. The van der Waals surface area contributed by atoms with E-state index in [1.54, 1.807) is 0 Å². The average molecular weight is 764 g/mol. The first-order valence-electron chi connectivity index (χ1n) is 20.1. The second kappa shape index (κ2) is 13.8. The molecule has 0 saturated carbocycles. The van der Waals surface area contributed by atoms with E-state index in [9.17, 15) is 0 Å². The van der Waals surface area contributed by atoms with Crippen LogP contribution in [0.4, 0.5) is 0 Å². The fraction of sp³-hybridized carbons (Fsp3) is 0. The van der Waals surface area contributed by atoms with Crippen LogP contribution in [-0.2, 0) is 0 Å². The predicted octanol–water partition coefficient (Wildman–Crippen LogP) is 13.9. The third-order valence-electron chi connectivity index (χ3n) is 11.7. The Kier molecular flexibility index (Phi) is 7.78. The van der Waals surface area contributed by atoms with Gasteiger partial charge in [-0.05, 0) is 69.8 Å². The van der Waals surface area contributed by atoms with Gasteiger partial charge in [0.05, 0.1) is 44.8 Å². The highest BCUT2D eigenvalue weighted by Crippen LogP contribution is 2.38. The number of fused-ring (bicyclic) bond motifs is 7. The van der Waals surface area contributed by atoms with Crippen molar-refractivity contribution in [2.75, 3.05) is 0 Å². The Balaban J connectivity index is 0.923. The van der Waals surface area contributed by atoms with Crippen LogP contribution in [-0.4, -0.2) is 24.9 Å². The number of aromatic nitrogens is 5. The van der Waals surface area contributed by atoms with Crippen LogP contribution in [0.25, 0.3) is 121 Å². The molecular weight excluding hydrogens is 731 g/mol. The van der Waals surface area contributed by atoms with Crippen LogP contribution in [0.3, 0.4) is 0 Å². The molecule has 0 N–H and O–H groups in total. The van der Waals surface area contributed by atoms with Crippen molar-refractivity contribution >= 4 is 65.2 Å². The van der Waals surface area contributed by atoms with Crippen molar-refractivity contribution in [2.45, 2.75) is 0 Å². The molecule has 0 spiro atoms. The molecule has 12 aromatic rings. The number of nitrogens with zero attached hydrogens (tertiary/aromatic N) is 5. The van der Waals surface area contributed by atoms with E-state index in [-0.39, 0.29) is 0 Å². The van der Waals surface area contributed by atoms with Gasteiger partial charge in [-0.2, -0.15) is 0 Å². The molecule has 0 fully saturated rings. The van der Waals surface area contributed by atoms with Gasteiger partial charge < -0.3 is 0 Å². The summed E-state index contributed by atoms with van der Waals surface area (Å²) in [6.45, 7) is 0. The highest BCUT2D eigenvalue weighted by atomic mass is 14.8. The fourth-order valence-corrected chi connectivity index (χ4v) is 8.67. The summed E-state index contributed by atoms with van der Waals surface area (Å²) in [6.07, 6.45) is 3.75. The topological polar surface area (TPSA) is 64.5 Å². The predicted molar refractivity (Wildman–Crippen MR) is 248 cm³/mol. The molecule has 5 aromatic heterocycles. The van der Waals surface area contributed by atoms with E-state index in [1.165, 1.54) is 0 Å². The SMILES string of the molecule is c1ccc(-c2ccc3ccc4ccc(-c5ccc(-c6ccc7ccc(-c8ccc9ccc(-c%10cccc%11ccncc%10%11)nc9c8)nc7c6)c6ccccc56)nc4c3n2)cc1. The van der Waals surface area contributed by atoms with E-state index in [1.807, 2.05) is 36.7 Å². The lowest BCUT2D eigenvalue weighted by Crippen LogP contribution is -1.92. The molecule has 5 heteroatoms. The van der Waals surface area contributed by atoms with Gasteiger partial charge in [0.2, 0.25) is 0 Å². The average Bonchev–Trinajstić information content (AvgIpc) is 3.32. The van der Waals surface area contributed by atoms with Gasteiger partial charge in [0.25, 0.3) is 0 Å². The van der Waals surface area contributed by atoms with E-state index >= 15 is 0 Å². The highest BCUT2D eigenvalue weighted by molar-refractivity contribution is 6.08. The number of hydrogen-bond donors (Lipinski definition) is 0. The summed E-state index contributed by atoms with van der Waals surface area (Å²) in [7, 11) is 0. The highest BCUT2D eigenvalue weighted by Gasteiger charge is 2.15. The smallest absolute Gasteiger partial charge is 0.0972 e. The van der Waals surface area contributed by atoms with Crippen LogP contribution >= 0.6 is 0 Å². The zero-order valence-electron chi connectivity index (χ0n) is 32.3. The first kappa shape index (κ1) is 33.9. The number of pyridine rings is 5. The minimum atomic E-state index is 0.900. The van der Waals surface area contributed by atoms with Crippen molar-refractivity contribution in [2.24, 2.45) is 0 Å². The van der Waals surface area contributed by atoms with Crippen LogP contribution in [0.5, 0.6) is 0 Å². The monoisotopic (exact) mass is 763 g/mol.